The summed E-state index contributed by atoms with van der Waals surface area (Å²) in [6, 6.07) is 7.03. The summed E-state index contributed by atoms with van der Waals surface area (Å²) >= 11 is 6.39. The van der Waals surface area contributed by atoms with Gasteiger partial charge in [-0.15, -0.1) is 0 Å². The predicted molar refractivity (Wildman–Crippen MR) is 76.2 cm³/mol. The third-order valence-corrected chi connectivity index (χ3v) is 4.61. The molecule has 2 nitrogen and oxygen atoms in total. The highest BCUT2D eigenvalue weighted by atomic mass is 35.5. The Labute approximate surface area is 114 Å². The molecule has 0 saturated carbocycles. The van der Waals surface area contributed by atoms with Crippen molar-refractivity contribution in [3.8, 4) is 0 Å². The van der Waals surface area contributed by atoms with Crippen LogP contribution in [0.15, 0.2) is 18.2 Å². The Morgan fingerprint density at radius 1 is 1.17 bits per heavy atom. The lowest BCUT2D eigenvalue weighted by Crippen LogP contribution is -2.45. The van der Waals surface area contributed by atoms with E-state index in [2.05, 4.69) is 22.3 Å². The van der Waals surface area contributed by atoms with E-state index >= 15 is 0 Å². The molecule has 98 valence electrons. The van der Waals surface area contributed by atoms with Gasteiger partial charge < -0.3 is 5.32 Å². The van der Waals surface area contributed by atoms with Gasteiger partial charge in [0.25, 0.3) is 0 Å². The molecule has 0 bridgehead atoms. The van der Waals surface area contributed by atoms with Crippen LogP contribution in [0.4, 0.5) is 0 Å². The molecule has 3 heteroatoms. The van der Waals surface area contributed by atoms with Crippen LogP contribution < -0.4 is 5.32 Å². The Morgan fingerprint density at radius 3 is 2.83 bits per heavy atom. The summed E-state index contributed by atoms with van der Waals surface area (Å²) in [6.07, 6.45) is 5.03. The molecule has 1 aliphatic carbocycles. The largest absolute Gasteiger partial charge is 0.314 e. The molecule has 0 radical (unpaired) electrons. The second-order valence-corrected chi connectivity index (χ2v) is 5.76. The molecule has 3 rings (SSSR count). The number of nitrogens with zero attached hydrogens (tertiary/aromatic N) is 1. The summed E-state index contributed by atoms with van der Waals surface area (Å²) in [5.74, 6) is 0. The lowest BCUT2D eigenvalue weighted by Gasteiger charge is -2.35. The standard InChI is InChI=1S/C15H21ClN2/c16-14-6-3-5-13-12(14)4-1-2-7-15(13)18-10-8-17-9-11-18/h3,5-6,15,17H,1-2,4,7-11H2. The number of hydrogen-bond acceptors (Lipinski definition) is 2. The maximum absolute atomic E-state index is 6.39. The Balaban J connectivity index is 1.93. The molecule has 1 aliphatic heterocycles. The van der Waals surface area contributed by atoms with Gasteiger partial charge in [0.15, 0.2) is 0 Å². The van der Waals surface area contributed by atoms with Crippen molar-refractivity contribution in [3.05, 3.63) is 34.3 Å². The average molecular weight is 265 g/mol. The van der Waals surface area contributed by atoms with Crippen LogP contribution in [0, 0.1) is 0 Å². The van der Waals surface area contributed by atoms with E-state index in [1.54, 1.807) is 0 Å². The normalized spacial score (nSPS) is 25.5. The molecule has 1 unspecified atom stereocenters. The topological polar surface area (TPSA) is 15.3 Å². The number of halogens is 1. The predicted octanol–water partition coefficient (Wildman–Crippen LogP) is 3.01. The zero-order chi connectivity index (χ0) is 12.4. The fourth-order valence-electron chi connectivity index (χ4n) is 3.32. The summed E-state index contributed by atoms with van der Waals surface area (Å²) in [5.41, 5.74) is 2.89. The molecule has 1 N–H and O–H groups in total. The molecule has 1 atom stereocenters. The molecule has 2 aliphatic rings. The monoisotopic (exact) mass is 264 g/mol. The van der Waals surface area contributed by atoms with Crippen molar-refractivity contribution in [2.45, 2.75) is 31.7 Å². The van der Waals surface area contributed by atoms with Gasteiger partial charge in [-0.3, -0.25) is 4.90 Å². The minimum atomic E-state index is 0.586. The smallest absolute Gasteiger partial charge is 0.0441 e. The van der Waals surface area contributed by atoms with E-state index < -0.39 is 0 Å². The van der Waals surface area contributed by atoms with Gasteiger partial charge in [-0.05, 0) is 36.5 Å². The minimum absolute atomic E-state index is 0.586. The highest BCUT2D eigenvalue weighted by molar-refractivity contribution is 6.31. The highest BCUT2D eigenvalue weighted by Gasteiger charge is 2.26. The summed E-state index contributed by atoms with van der Waals surface area (Å²) in [5, 5.41) is 4.40. The van der Waals surface area contributed by atoms with Crippen molar-refractivity contribution in [1.29, 1.82) is 0 Å². The summed E-state index contributed by atoms with van der Waals surface area (Å²) in [7, 11) is 0. The first-order chi connectivity index (χ1) is 8.86. The van der Waals surface area contributed by atoms with Gasteiger partial charge in [-0.25, -0.2) is 0 Å². The van der Waals surface area contributed by atoms with Crippen LogP contribution in [0.2, 0.25) is 5.02 Å². The first-order valence-electron chi connectivity index (χ1n) is 7.08. The maximum atomic E-state index is 6.39. The van der Waals surface area contributed by atoms with Gasteiger partial charge in [0.2, 0.25) is 0 Å². The molecule has 0 spiro atoms. The molecular weight excluding hydrogens is 244 g/mol. The minimum Gasteiger partial charge on any atom is -0.314 e. The molecule has 18 heavy (non-hydrogen) atoms. The van der Waals surface area contributed by atoms with Gasteiger partial charge in [-0.1, -0.05) is 30.2 Å². The van der Waals surface area contributed by atoms with Crippen molar-refractivity contribution < 1.29 is 0 Å². The fraction of sp³-hybridized carbons (Fsp3) is 0.600. The van der Waals surface area contributed by atoms with Gasteiger partial charge in [0.05, 0.1) is 0 Å². The number of nitrogens with one attached hydrogen (secondary N) is 1. The third-order valence-electron chi connectivity index (χ3n) is 4.26. The van der Waals surface area contributed by atoms with E-state index in [1.807, 2.05) is 6.07 Å². The lowest BCUT2D eigenvalue weighted by atomic mass is 9.97. The Hall–Kier alpha value is -0.570. The quantitative estimate of drug-likeness (QED) is 0.785. The number of rotatable bonds is 1. The summed E-state index contributed by atoms with van der Waals surface area (Å²) in [4.78, 5) is 2.64. The number of benzene rings is 1. The highest BCUT2D eigenvalue weighted by Crippen LogP contribution is 2.36. The first kappa shape index (κ1) is 12.5. The van der Waals surface area contributed by atoms with Crippen molar-refractivity contribution in [2.75, 3.05) is 26.2 Å². The van der Waals surface area contributed by atoms with Crippen LogP contribution in [-0.4, -0.2) is 31.1 Å². The number of hydrogen-bond donors (Lipinski definition) is 1. The van der Waals surface area contributed by atoms with E-state index in [-0.39, 0.29) is 0 Å². The molecule has 1 aromatic carbocycles. The van der Waals surface area contributed by atoms with Gasteiger partial charge in [0, 0.05) is 37.2 Å². The average Bonchev–Trinajstić information content (AvgIpc) is 2.63. The Bertz CT molecular complexity index is 413. The van der Waals surface area contributed by atoms with E-state index in [0.29, 0.717) is 6.04 Å². The Morgan fingerprint density at radius 2 is 2.00 bits per heavy atom. The molecule has 0 aromatic heterocycles. The van der Waals surface area contributed by atoms with Crippen LogP contribution in [0.25, 0.3) is 0 Å². The molecule has 1 aromatic rings. The second-order valence-electron chi connectivity index (χ2n) is 5.36. The molecule has 1 saturated heterocycles. The van der Waals surface area contributed by atoms with E-state index in [1.165, 1.54) is 30.4 Å². The van der Waals surface area contributed by atoms with Crippen molar-refractivity contribution >= 4 is 11.6 Å². The van der Waals surface area contributed by atoms with Crippen molar-refractivity contribution in [2.24, 2.45) is 0 Å². The van der Waals surface area contributed by atoms with E-state index in [4.69, 9.17) is 11.6 Å². The van der Waals surface area contributed by atoms with E-state index in [0.717, 1.165) is 37.6 Å². The third kappa shape index (κ3) is 2.42. The van der Waals surface area contributed by atoms with Crippen LogP contribution in [-0.2, 0) is 6.42 Å². The number of fused-ring (bicyclic) bond motifs is 1. The molecular formula is C15H21ClN2. The van der Waals surface area contributed by atoms with Crippen molar-refractivity contribution in [3.63, 3.8) is 0 Å². The van der Waals surface area contributed by atoms with Crippen LogP contribution in [0.1, 0.15) is 36.4 Å². The van der Waals surface area contributed by atoms with Gasteiger partial charge in [-0.2, -0.15) is 0 Å². The maximum Gasteiger partial charge on any atom is 0.0441 e. The number of piperazine rings is 1. The molecule has 1 fully saturated rings. The Kier molecular flexibility index (Phi) is 3.88. The van der Waals surface area contributed by atoms with Crippen LogP contribution in [0.3, 0.4) is 0 Å². The van der Waals surface area contributed by atoms with Gasteiger partial charge >= 0.3 is 0 Å². The van der Waals surface area contributed by atoms with Crippen LogP contribution >= 0.6 is 11.6 Å². The molecule has 0 amide bonds. The zero-order valence-corrected chi connectivity index (χ0v) is 11.5. The SMILES string of the molecule is Clc1cccc2c1CCCCC2N1CCNCC1. The van der Waals surface area contributed by atoms with Crippen LogP contribution in [0.5, 0.6) is 0 Å². The molecule has 1 heterocycles. The van der Waals surface area contributed by atoms with Crippen molar-refractivity contribution in [1.82, 2.24) is 10.2 Å². The summed E-state index contributed by atoms with van der Waals surface area (Å²) < 4.78 is 0. The zero-order valence-electron chi connectivity index (χ0n) is 10.8. The summed E-state index contributed by atoms with van der Waals surface area (Å²) in [6.45, 7) is 4.56. The second kappa shape index (κ2) is 5.60. The first-order valence-corrected chi connectivity index (χ1v) is 7.46. The van der Waals surface area contributed by atoms with Gasteiger partial charge in [0.1, 0.15) is 0 Å². The van der Waals surface area contributed by atoms with E-state index in [9.17, 15) is 0 Å². The fourth-order valence-corrected chi connectivity index (χ4v) is 3.60. The lowest BCUT2D eigenvalue weighted by molar-refractivity contribution is 0.165.